The molecular formula is C24H17ClN2O4S. The van der Waals surface area contributed by atoms with Crippen LogP contribution in [0.25, 0.3) is 6.08 Å². The van der Waals surface area contributed by atoms with Gasteiger partial charge in [-0.05, 0) is 65.4 Å². The number of amidine groups is 1. The van der Waals surface area contributed by atoms with Crippen LogP contribution in [0.1, 0.15) is 21.5 Å². The van der Waals surface area contributed by atoms with Crippen molar-refractivity contribution in [2.75, 3.05) is 0 Å². The molecule has 0 spiro atoms. The van der Waals surface area contributed by atoms with Gasteiger partial charge in [-0.2, -0.15) is 0 Å². The van der Waals surface area contributed by atoms with Crippen LogP contribution < -0.4 is 10.1 Å². The lowest BCUT2D eigenvalue weighted by atomic mass is 10.1. The fraction of sp³-hybridized carbons (Fsp3) is 0.0417. The van der Waals surface area contributed by atoms with Crippen LogP contribution in [0.3, 0.4) is 0 Å². The van der Waals surface area contributed by atoms with E-state index in [0.29, 0.717) is 26.3 Å². The third-order valence-electron chi connectivity index (χ3n) is 4.48. The molecule has 3 aromatic rings. The highest BCUT2D eigenvalue weighted by Crippen LogP contribution is 2.30. The van der Waals surface area contributed by atoms with Gasteiger partial charge in [0, 0.05) is 5.02 Å². The number of aromatic carboxylic acids is 1. The molecule has 0 radical (unpaired) electrons. The second kappa shape index (κ2) is 9.72. The SMILES string of the molecule is O=C1NC(=Nc2ccc(Cl)cc2)S/C1=C\c1ccc(OCc2ccccc2)c(C(=O)O)c1. The number of hydrogen-bond donors (Lipinski definition) is 2. The second-order valence-corrected chi connectivity index (χ2v) is 8.26. The molecule has 0 atom stereocenters. The first-order chi connectivity index (χ1) is 15.5. The van der Waals surface area contributed by atoms with E-state index in [1.165, 1.54) is 17.8 Å². The number of carboxylic acid groups (broad SMARTS) is 1. The van der Waals surface area contributed by atoms with E-state index in [9.17, 15) is 14.7 Å². The number of ether oxygens (including phenoxy) is 1. The lowest BCUT2D eigenvalue weighted by Crippen LogP contribution is -2.19. The van der Waals surface area contributed by atoms with Gasteiger partial charge >= 0.3 is 5.97 Å². The number of thioether (sulfide) groups is 1. The Hall–Kier alpha value is -3.55. The first-order valence-corrected chi connectivity index (χ1v) is 10.8. The minimum absolute atomic E-state index is 0.0220. The first-order valence-electron chi connectivity index (χ1n) is 9.57. The number of rotatable bonds is 6. The number of carbonyl (C=O) groups excluding carboxylic acids is 1. The van der Waals surface area contributed by atoms with E-state index in [1.54, 1.807) is 42.5 Å². The molecule has 0 aliphatic carbocycles. The van der Waals surface area contributed by atoms with Gasteiger partial charge in [0.25, 0.3) is 5.91 Å². The van der Waals surface area contributed by atoms with Crippen LogP contribution in [-0.4, -0.2) is 22.2 Å². The van der Waals surface area contributed by atoms with Crippen molar-refractivity contribution in [2.45, 2.75) is 6.61 Å². The highest BCUT2D eigenvalue weighted by Gasteiger charge is 2.24. The molecule has 1 amide bonds. The molecule has 0 bridgehead atoms. The number of nitrogens with zero attached hydrogens (tertiary/aromatic N) is 1. The van der Waals surface area contributed by atoms with E-state index in [2.05, 4.69) is 10.3 Å². The number of carboxylic acids is 1. The van der Waals surface area contributed by atoms with E-state index in [0.717, 1.165) is 5.56 Å². The highest BCUT2D eigenvalue weighted by molar-refractivity contribution is 8.18. The predicted molar refractivity (Wildman–Crippen MR) is 126 cm³/mol. The van der Waals surface area contributed by atoms with Crippen molar-refractivity contribution < 1.29 is 19.4 Å². The summed E-state index contributed by atoms with van der Waals surface area (Å²) in [5, 5.41) is 13.4. The van der Waals surface area contributed by atoms with Crippen LogP contribution in [0.2, 0.25) is 5.02 Å². The number of aliphatic imine (C=N–C) groups is 1. The van der Waals surface area contributed by atoms with Gasteiger partial charge in [-0.3, -0.25) is 4.79 Å². The predicted octanol–water partition coefficient (Wildman–Crippen LogP) is 5.51. The van der Waals surface area contributed by atoms with Crippen molar-refractivity contribution in [1.29, 1.82) is 0 Å². The van der Waals surface area contributed by atoms with Crippen molar-refractivity contribution in [3.05, 3.63) is 99.4 Å². The Labute approximate surface area is 193 Å². The van der Waals surface area contributed by atoms with Gasteiger partial charge in [-0.1, -0.05) is 48.0 Å². The van der Waals surface area contributed by atoms with Crippen molar-refractivity contribution in [3.8, 4) is 5.75 Å². The van der Waals surface area contributed by atoms with Crippen LogP contribution in [0.15, 0.2) is 82.7 Å². The Morgan fingerprint density at radius 3 is 2.56 bits per heavy atom. The Morgan fingerprint density at radius 2 is 1.84 bits per heavy atom. The topological polar surface area (TPSA) is 88.0 Å². The summed E-state index contributed by atoms with van der Waals surface area (Å²) in [7, 11) is 0. The molecule has 1 saturated heterocycles. The minimum atomic E-state index is -1.11. The summed E-state index contributed by atoms with van der Waals surface area (Å²) in [6.07, 6.45) is 1.62. The molecule has 1 aliphatic rings. The molecule has 0 aromatic heterocycles. The van der Waals surface area contributed by atoms with Gasteiger partial charge in [-0.25, -0.2) is 9.79 Å². The summed E-state index contributed by atoms with van der Waals surface area (Å²) >= 11 is 7.06. The quantitative estimate of drug-likeness (QED) is 0.470. The van der Waals surface area contributed by atoms with Crippen LogP contribution in [0, 0.1) is 0 Å². The average molecular weight is 465 g/mol. The number of amides is 1. The van der Waals surface area contributed by atoms with Gasteiger partial charge in [0.05, 0.1) is 10.6 Å². The molecule has 8 heteroatoms. The van der Waals surface area contributed by atoms with Gasteiger partial charge in [0.2, 0.25) is 0 Å². The van der Waals surface area contributed by atoms with Gasteiger partial charge in [0.1, 0.15) is 17.9 Å². The zero-order valence-electron chi connectivity index (χ0n) is 16.6. The third-order valence-corrected chi connectivity index (χ3v) is 5.64. The summed E-state index contributed by atoms with van der Waals surface area (Å²) in [5.74, 6) is -1.15. The van der Waals surface area contributed by atoms with Crippen molar-refractivity contribution in [1.82, 2.24) is 5.32 Å². The maximum atomic E-state index is 12.3. The van der Waals surface area contributed by atoms with Crippen molar-refractivity contribution in [2.24, 2.45) is 4.99 Å². The molecule has 1 heterocycles. The largest absolute Gasteiger partial charge is 0.488 e. The lowest BCUT2D eigenvalue weighted by Gasteiger charge is -2.10. The molecular weight excluding hydrogens is 448 g/mol. The molecule has 2 N–H and O–H groups in total. The van der Waals surface area contributed by atoms with Gasteiger partial charge in [0.15, 0.2) is 5.17 Å². The smallest absolute Gasteiger partial charge is 0.339 e. The fourth-order valence-electron chi connectivity index (χ4n) is 2.93. The summed E-state index contributed by atoms with van der Waals surface area (Å²) in [4.78, 5) is 28.9. The maximum Gasteiger partial charge on any atom is 0.339 e. The molecule has 32 heavy (non-hydrogen) atoms. The molecule has 1 aliphatic heterocycles. The summed E-state index contributed by atoms with van der Waals surface area (Å²) in [6, 6.07) is 21.2. The van der Waals surface area contributed by atoms with Gasteiger partial charge < -0.3 is 15.2 Å². The van der Waals surface area contributed by atoms with Crippen LogP contribution >= 0.6 is 23.4 Å². The van der Waals surface area contributed by atoms with Crippen LogP contribution in [-0.2, 0) is 11.4 Å². The van der Waals surface area contributed by atoms with E-state index in [4.69, 9.17) is 16.3 Å². The minimum Gasteiger partial charge on any atom is -0.488 e. The second-order valence-electron chi connectivity index (χ2n) is 6.79. The normalized spacial score (nSPS) is 15.7. The van der Waals surface area contributed by atoms with E-state index in [1.807, 2.05) is 30.3 Å². The number of halogens is 1. The fourth-order valence-corrected chi connectivity index (χ4v) is 3.90. The summed E-state index contributed by atoms with van der Waals surface area (Å²) in [5.41, 5.74) is 2.18. The molecule has 0 saturated carbocycles. The Balaban J connectivity index is 1.53. The number of hydrogen-bond acceptors (Lipinski definition) is 5. The molecule has 4 rings (SSSR count). The van der Waals surface area contributed by atoms with Crippen molar-refractivity contribution >= 4 is 52.2 Å². The third kappa shape index (κ3) is 5.38. The first kappa shape index (κ1) is 21.7. The number of carbonyl (C=O) groups is 2. The zero-order chi connectivity index (χ0) is 22.5. The van der Waals surface area contributed by atoms with E-state index < -0.39 is 5.97 Å². The molecule has 1 fully saturated rings. The number of benzene rings is 3. The van der Waals surface area contributed by atoms with Crippen molar-refractivity contribution in [3.63, 3.8) is 0 Å². The van der Waals surface area contributed by atoms with E-state index >= 15 is 0 Å². The standard InChI is InChI=1S/C24H17ClN2O4S/c25-17-7-9-18(10-8-17)26-24-27-22(28)21(32-24)13-16-6-11-20(19(12-16)23(29)30)31-14-15-4-2-1-3-5-15/h1-13H,14H2,(H,29,30)(H,26,27,28)/b21-13-. The molecule has 3 aromatic carbocycles. The van der Waals surface area contributed by atoms with Gasteiger partial charge in [-0.15, -0.1) is 0 Å². The monoisotopic (exact) mass is 464 g/mol. The summed E-state index contributed by atoms with van der Waals surface area (Å²) < 4.78 is 5.71. The number of nitrogens with one attached hydrogen (secondary N) is 1. The molecule has 160 valence electrons. The lowest BCUT2D eigenvalue weighted by molar-refractivity contribution is -0.115. The Bertz CT molecular complexity index is 1220. The molecule has 6 nitrogen and oxygen atoms in total. The average Bonchev–Trinajstić information content (AvgIpc) is 3.13. The Kier molecular flexibility index (Phi) is 6.58. The van der Waals surface area contributed by atoms with E-state index in [-0.39, 0.29) is 23.8 Å². The van der Waals surface area contributed by atoms with Crippen LogP contribution in [0.4, 0.5) is 5.69 Å². The molecule has 0 unspecified atom stereocenters. The maximum absolute atomic E-state index is 12.3. The highest BCUT2D eigenvalue weighted by atomic mass is 35.5. The van der Waals surface area contributed by atoms with Crippen LogP contribution in [0.5, 0.6) is 5.75 Å². The Morgan fingerprint density at radius 1 is 1.09 bits per heavy atom. The zero-order valence-corrected chi connectivity index (χ0v) is 18.2. The summed E-state index contributed by atoms with van der Waals surface area (Å²) in [6.45, 7) is 0.254.